The Morgan fingerprint density at radius 3 is 2.38 bits per heavy atom. The van der Waals surface area contributed by atoms with Gasteiger partial charge in [-0.05, 0) is 29.5 Å². The molecule has 0 spiro atoms. The number of nitrogens with two attached hydrogens (primary N) is 1. The summed E-state index contributed by atoms with van der Waals surface area (Å²) < 4.78 is 0. The lowest BCUT2D eigenvalue weighted by Crippen LogP contribution is -2.22. The second-order valence-electron chi connectivity index (χ2n) is 5.86. The molecule has 2 rings (SSSR count). The van der Waals surface area contributed by atoms with Crippen molar-refractivity contribution < 1.29 is 4.79 Å². The van der Waals surface area contributed by atoms with Gasteiger partial charge in [-0.15, -0.1) is 0 Å². The Hall–Kier alpha value is -1.93. The van der Waals surface area contributed by atoms with Gasteiger partial charge < -0.3 is 5.73 Å². The van der Waals surface area contributed by atoms with Gasteiger partial charge in [0.1, 0.15) is 0 Å². The maximum absolute atomic E-state index is 12.7. The van der Waals surface area contributed by atoms with Gasteiger partial charge >= 0.3 is 0 Å². The molecule has 0 bridgehead atoms. The van der Waals surface area contributed by atoms with E-state index in [0.29, 0.717) is 12.5 Å². The molecule has 0 aliphatic rings. The number of ketones is 1. The fourth-order valence-electron chi connectivity index (χ4n) is 2.60. The molecule has 0 amide bonds. The first kappa shape index (κ1) is 15.5. The maximum atomic E-state index is 12.7. The fraction of sp³-hybridized carbons (Fsp3) is 0.316. The number of rotatable bonds is 6. The van der Waals surface area contributed by atoms with Crippen LogP contribution in [0.2, 0.25) is 0 Å². The summed E-state index contributed by atoms with van der Waals surface area (Å²) in [6.45, 7) is 4.69. The van der Waals surface area contributed by atoms with E-state index >= 15 is 0 Å². The topological polar surface area (TPSA) is 43.1 Å². The zero-order chi connectivity index (χ0) is 15.2. The monoisotopic (exact) mass is 281 g/mol. The van der Waals surface area contributed by atoms with Gasteiger partial charge in [-0.3, -0.25) is 4.79 Å². The minimum absolute atomic E-state index is 0.106. The highest BCUT2D eigenvalue weighted by molar-refractivity contribution is 6.01. The molecular weight excluding hydrogens is 258 g/mol. The van der Waals surface area contributed by atoms with Crippen molar-refractivity contribution in [3.63, 3.8) is 0 Å². The van der Waals surface area contributed by atoms with Crippen molar-refractivity contribution >= 4 is 5.78 Å². The zero-order valence-electron chi connectivity index (χ0n) is 12.8. The summed E-state index contributed by atoms with van der Waals surface area (Å²) in [6, 6.07) is 17.7. The Kier molecular flexibility index (Phi) is 5.29. The van der Waals surface area contributed by atoms with Crippen LogP contribution in [0.4, 0.5) is 0 Å². The minimum Gasteiger partial charge on any atom is -0.329 e. The van der Waals surface area contributed by atoms with Gasteiger partial charge in [0.25, 0.3) is 0 Å². The standard InChI is InChI=1S/C19H23NO/c1-14(2)11-15-7-6-10-17(12-15)19(21)18(13-20)16-8-4-3-5-9-16/h3-10,12,14,18H,11,13,20H2,1-2H3. The Morgan fingerprint density at radius 1 is 1.05 bits per heavy atom. The Bertz CT molecular complexity index is 590. The van der Waals surface area contributed by atoms with Crippen molar-refractivity contribution in [3.05, 3.63) is 71.3 Å². The molecule has 21 heavy (non-hydrogen) atoms. The summed E-state index contributed by atoms with van der Waals surface area (Å²) in [4.78, 5) is 12.7. The molecule has 2 aromatic rings. The Balaban J connectivity index is 2.26. The van der Waals surface area contributed by atoms with Crippen LogP contribution < -0.4 is 5.73 Å². The molecule has 0 aliphatic carbocycles. The predicted octanol–water partition coefficient (Wildman–Crippen LogP) is 3.81. The molecule has 0 aromatic heterocycles. The number of carbonyl (C=O) groups excluding carboxylic acids is 1. The molecule has 2 heteroatoms. The molecule has 0 heterocycles. The molecule has 110 valence electrons. The number of carbonyl (C=O) groups is 1. The fourth-order valence-corrected chi connectivity index (χ4v) is 2.60. The van der Waals surface area contributed by atoms with Crippen molar-refractivity contribution in [3.8, 4) is 0 Å². The van der Waals surface area contributed by atoms with E-state index in [0.717, 1.165) is 17.5 Å². The summed E-state index contributed by atoms with van der Waals surface area (Å²) >= 11 is 0. The molecule has 2 aromatic carbocycles. The van der Waals surface area contributed by atoms with E-state index in [4.69, 9.17) is 5.73 Å². The van der Waals surface area contributed by atoms with Crippen LogP contribution in [0.1, 0.15) is 41.3 Å². The van der Waals surface area contributed by atoms with Crippen LogP contribution in [-0.4, -0.2) is 12.3 Å². The normalized spacial score (nSPS) is 12.4. The lowest BCUT2D eigenvalue weighted by molar-refractivity contribution is 0.0962. The number of benzene rings is 2. The van der Waals surface area contributed by atoms with Gasteiger partial charge in [-0.1, -0.05) is 62.4 Å². The SMILES string of the molecule is CC(C)Cc1cccc(C(=O)C(CN)c2ccccc2)c1. The molecule has 1 unspecified atom stereocenters. The van der Waals surface area contributed by atoms with Crippen molar-refractivity contribution in [2.24, 2.45) is 11.7 Å². The molecule has 0 fully saturated rings. The number of Topliss-reactive ketones (excluding diaryl/α,β-unsaturated/α-hetero) is 1. The average Bonchev–Trinajstić information content (AvgIpc) is 2.48. The number of hydrogen-bond donors (Lipinski definition) is 1. The highest BCUT2D eigenvalue weighted by Crippen LogP contribution is 2.21. The van der Waals surface area contributed by atoms with Gasteiger partial charge in [0.05, 0.1) is 5.92 Å². The highest BCUT2D eigenvalue weighted by atomic mass is 16.1. The third-order valence-electron chi connectivity index (χ3n) is 3.61. The van der Waals surface area contributed by atoms with Crippen LogP contribution in [0.3, 0.4) is 0 Å². The van der Waals surface area contributed by atoms with Crippen molar-refractivity contribution in [2.45, 2.75) is 26.2 Å². The van der Waals surface area contributed by atoms with Crippen LogP contribution in [0.15, 0.2) is 54.6 Å². The maximum Gasteiger partial charge on any atom is 0.171 e. The summed E-state index contributed by atoms with van der Waals surface area (Å²) in [7, 11) is 0. The van der Waals surface area contributed by atoms with E-state index in [1.807, 2.05) is 48.5 Å². The molecular formula is C19H23NO. The Morgan fingerprint density at radius 2 is 1.76 bits per heavy atom. The van der Waals surface area contributed by atoms with Crippen molar-refractivity contribution in [2.75, 3.05) is 6.54 Å². The lowest BCUT2D eigenvalue weighted by atomic mass is 9.89. The summed E-state index contributed by atoms with van der Waals surface area (Å²) in [5.74, 6) is 0.421. The van der Waals surface area contributed by atoms with Gasteiger partial charge in [0, 0.05) is 12.1 Å². The summed E-state index contributed by atoms with van der Waals surface area (Å²) in [5.41, 5.74) is 8.79. The summed E-state index contributed by atoms with van der Waals surface area (Å²) in [6.07, 6.45) is 0.986. The van der Waals surface area contributed by atoms with E-state index in [-0.39, 0.29) is 11.7 Å². The number of hydrogen-bond acceptors (Lipinski definition) is 2. The van der Waals surface area contributed by atoms with Crippen molar-refractivity contribution in [1.82, 2.24) is 0 Å². The molecule has 0 saturated carbocycles. The third-order valence-corrected chi connectivity index (χ3v) is 3.61. The largest absolute Gasteiger partial charge is 0.329 e. The molecule has 0 aliphatic heterocycles. The lowest BCUT2D eigenvalue weighted by Gasteiger charge is -2.15. The van der Waals surface area contributed by atoms with Gasteiger partial charge in [-0.25, -0.2) is 0 Å². The summed E-state index contributed by atoms with van der Waals surface area (Å²) in [5, 5.41) is 0. The average molecular weight is 281 g/mol. The quantitative estimate of drug-likeness (QED) is 0.818. The molecule has 2 nitrogen and oxygen atoms in total. The van der Waals surface area contributed by atoms with Gasteiger partial charge in [0.2, 0.25) is 0 Å². The van der Waals surface area contributed by atoms with E-state index in [2.05, 4.69) is 19.9 Å². The van der Waals surface area contributed by atoms with E-state index < -0.39 is 0 Å². The predicted molar refractivity (Wildman–Crippen MR) is 87.6 cm³/mol. The van der Waals surface area contributed by atoms with E-state index in [9.17, 15) is 4.79 Å². The van der Waals surface area contributed by atoms with Crippen LogP contribution in [0.25, 0.3) is 0 Å². The second-order valence-corrected chi connectivity index (χ2v) is 5.86. The van der Waals surface area contributed by atoms with Crippen LogP contribution >= 0.6 is 0 Å². The van der Waals surface area contributed by atoms with Crippen LogP contribution in [0.5, 0.6) is 0 Å². The van der Waals surface area contributed by atoms with Crippen LogP contribution in [0, 0.1) is 5.92 Å². The Labute approximate surface area is 127 Å². The molecule has 0 saturated heterocycles. The van der Waals surface area contributed by atoms with Crippen LogP contribution in [-0.2, 0) is 6.42 Å². The molecule has 0 radical (unpaired) electrons. The first-order valence-electron chi connectivity index (χ1n) is 7.50. The molecule has 2 N–H and O–H groups in total. The highest BCUT2D eigenvalue weighted by Gasteiger charge is 2.20. The van der Waals surface area contributed by atoms with Gasteiger partial charge in [0.15, 0.2) is 5.78 Å². The smallest absolute Gasteiger partial charge is 0.171 e. The molecule has 1 atom stereocenters. The van der Waals surface area contributed by atoms with Crippen molar-refractivity contribution in [1.29, 1.82) is 0 Å². The first-order valence-corrected chi connectivity index (χ1v) is 7.50. The van der Waals surface area contributed by atoms with E-state index in [1.165, 1.54) is 5.56 Å². The third kappa shape index (κ3) is 4.02. The zero-order valence-corrected chi connectivity index (χ0v) is 12.8. The first-order chi connectivity index (χ1) is 10.1. The van der Waals surface area contributed by atoms with Gasteiger partial charge in [-0.2, -0.15) is 0 Å². The minimum atomic E-state index is -0.263. The second kappa shape index (κ2) is 7.19. The van der Waals surface area contributed by atoms with E-state index in [1.54, 1.807) is 0 Å².